The van der Waals surface area contributed by atoms with E-state index in [9.17, 15) is 18.0 Å². The lowest BCUT2D eigenvalue weighted by Crippen LogP contribution is -2.27. The third-order valence-electron chi connectivity index (χ3n) is 4.24. The van der Waals surface area contributed by atoms with Crippen molar-refractivity contribution in [3.63, 3.8) is 0 Å². The monoisotopic (exact) mass is 400 g/mol. The number of nitrogens with two attached hydrogens (primary N) is 1. The van der Waals surface area contributed by atoms with Gasteiger partial charge < -0.3 is 15.8 Å². The second-order valence-electron chi connectivity index (χ2n) is 6.30. The normalized spacial score (nSPS) is 17.0. The molecule has 3 N–H and O–H groups in total. The van der Waals surface area contributed by atoms with Crippen LogP contribution in [-0.2, 0) is 6.42 Å². The van der Waals surface area contributed by atoms with E-state index in [2.05, 4.69) is 5.32 Å². The van der Waals surface area contributed by atoms with Crippen molar-refractivity contribution >= 4 is 18.3 Å². The summed E-state index contributed by atoms with van der Waals surface area (Å²) in [7, 11) is 0. The van der Waals surface area contributed by atoms with Gasteiger partial charge in [-0.3, -0.25) is 4.79 Å². The Bertz CT molecular complexity index is 800. The van der Waals surface area contributed by atoms with E-state index < -0.39 is 23.6 Å². The summed E-state index contributed by atoms with van der Waals surface area (Å²) in [6, 6.07) is 11.0. The van der Waals surface area contributed by atoms with Gasteiger partial charge in [0.2, 0.25) is 0 Å². The fourth-order valence-electron chi connectivity index (χ4n) is 2.57. The van der Waals surface area contributed by atoms with Crippen LogP contribution < -0.4 is 15.8 Å². The third-order valence-corrected chi connectivity index (χ3v) is 4.24. The minimum Gasteiger partial charge on any atom is -0.457 e. The zero-order chi connectivity index (χ0) is 18.7. The van der Waals surface area contributed by atoms with E-state index >= 15 is 0 Å². The minimum atomic E-state index is -2.73. The van der Waals surface area contributed by atoms with Crippen LogP contribution in [0.1, 0.15) is 22.3 Å². The van der Waals surface area contributed by atoms with Crippen LogP contribution in [0.3, 0.4) is 0 Å². The highest BCUT2D eigenvalue weighted by Crippen LogP contribution is 2.48. The van der Waals surface area contributed by atoms with E-state index in [1.807, 2.05) is 12.1 Å². The van der Waals surface area contributed by atoms with E-state index in [0.29, 0.717) is 12.3 Å². The molecule has 1 unspecified atom stereocenters. The predicted octanol–water partition coefficient (Wildman–Crippen LogP) is 3.93. The molecule has 0 saturated heterocycles. The minimum absolute atomic E-state index is 0. The molecule has 1 aliphatic carbocycles. The van der Waals surface area contributed by atoms with Gasteiger partial charge in [0.15, 0.2) is 0 Å². The molecule has 1 aliphatic rings. The Morgan fingerprint density at radius 3 is 2.41 bits per heavy atom. The molecule has 4 nitrogen and oxygen atoms in total. The molecule has 1 amide bonds. The van der Waals surface area contributed by atoms with Crippen molar-refractivity contribution in [2.45, 2.75) is 18.8 Å². The zero-order valence-corrected chi connectivity index (χ0v) is 15.2. The van der Waals surface area contributed by atoms with Gasteiger partial charge in [-0.05, 0) is 48.9 Å². The summed E-state index contributed by atoms with van der Waals surface area (Å²) in [5, 5.41) is 2.34. The predicted molar refractivity (Wildman–Crippen MR) is 98.3 cm³/mol. The van der Waals surface area contributed by atoms with Crippen molar-refractivity contribution in [2.75, 3.05) is 13.1 Å². The highest BCUT2D eigenvalue weighted by molar-refractivity contribution is 5.94. The first-order chi connectivity index (χ1) is 12.4. The molecule has 3 rings (SSSR count). The first-order valence-electron chi connectivity index (χ1n) is 8.31. The fourth-order valence-corrected chi connectivity index (χ4v) is 2.57. The van der Waals surface area contributed by atoms with Gasteiger partial charge in [-0.15, -0.1) is 12.4 Å². The molecule has 8 heteroatoms. The van der Waals surface area contributed by atoms with Crippen LogP contribution in [0.5, 0.6) is 11.5 Å². The lowest BCUT2D eigenvalue weighted by atomic mass is 10.1. The standard InChI is InChI=1S/C19H19F3N2O2.ClH/c20-17-6-5-15(26-14-3-1-12(2-4-14)7-8-23)9-16(17)18(25)24-11-13-10-19(13,21)22;/h1-6,9,13H,7-8,10-11,23H2,(H,24,25);1H. The Balaban J connectivity index is 0.00000261. The molecule has 146 valence electrons. The number of halogens is 4. The number of alkyl halides is 2. The highest BCUT2D eigenvalue weighted by atomic mass is 35.5. The molecule has 0 aliphatic heterocycles. The molecule has 0 aromatic heterocycles. The van der Waals surface area contributed by atoms with Gasteiger partial charge in [-0.2, -0.15) is 0 Å². The second kappa shape index (κ2) is 8.63. The number of nitrogens with one attached hydrogen (secondary N) is 1. The number of rotatable bonds is 7. The van der Waals surface area contributed by atoms with Crippen LogP contribution >= 0.6 is 12.4 Å². The molecule has 0 heterocycles. The second-order valence-corrected chi connectivity index (χ2v) is 6.30. The number of carbonyl (C=O) groups is 1. The SMILES string of the molecule is Cl.NCCc1ccc(Oc2ccc(F)c(C(=O)NCC3CC3(F)F)c2)cc1. The molecule has 1 atom stereocenters. The summed E-state index contributed by atoms with van der Waals surface area (Å²) in [6.07, 6.45) is 0.500. The van der Waals surface area contributed by atoms with Crippen molar-refractivity contribution in [3.05, 3.63) is 59.4 Å². The number of hydrogen-bond donors (Lipinski definition) is 2. The van der Waals surface area contributed by atoms with Crippen molar-refractivity contribution in [1.82, 2.24) is 5.32 Å². The van der Waals surface area contributed by atoms with Gasteiger partial charge in [0.05, 0.1) is 5.56 Å². The summed E-state index contributed by atoms with van der Waals surface area (Å²) in [5.41, 5.74) is 6.32. The van der Waals surface area contributed by atoms with E-state index in [4.69, 9.17) is 10.5 Å². The van der Waals surface area contributed by atoms with Gasteiger partial charge in [0, 0.05) is 18.9 Å². The quantitative estimate of drug-likeness (QED) is 0.740. The molecule has 1 saturated carbocycles. The molecule has 0 radical (unpaired) electrons. The topological polar surface area (TPSA) is 64.3 Å². The summed E-state index contributed by atoms with van der Waals surface area (Å²) >= 11 is 0. The number of amides is 1. The average Bonchev–Trinajstić information content (AvgIpc) is 3.23. The maximum Gasteiger partial charge on any atom is 0.254 e. The summed E-state index contributed by atoms with van der Waals surface area (Å²) < 4.78 is 45.3. The van der Waals surface area contributed by atoms with Gasteiger partial charge in [-0.1, -0.05) is 12.1 Å². The molecule has 1 fully saturated rings. The maximum absolute atomic E-state index is 13.9. The van der Waals surface area contributed by atoms with Gasteiger partial charge in [0.1, 0.15) is 17.3 Å². The summed E-state index contributed by atoms with van der Waals surface area (Å²) in [4.78, 5) is 12.1. The van der Waals surface area contributed by atoms with Crippen LogP contribution in [0.2, 0.25) is 0 Å². The highest BCUT2D eigenvalue weighted by Gasteiger charge is 2.56. The first-order valence-corrected chi connectivity index (χ1v) is 8.31. The van der Waals surface area contributed by atoms with E-state index in [1.54, 1.807) is 12.1 Å². The van der Waals surface area contributed by atoms with Crippen molar-refractivity contribution in [2.24, 2.45) is 11.7 Å². The Morgan fingerprint density at radius 2 is 1.81 bits per heavy atom. The lowest BCUT2D eigenvalue weighted by molar-refractivity contribution is 0.0892. The van der Waals surface area contributed by atoms with Crippen molar-refractivity contribution < 1.29 is 22.7 Å². The van der Waals surface area contributed by atoms with Crippen LogP contribution in [0, 0.1) is 11.7 Å². The summed E-state index contributed by atoms with van der Waals surface area (Å²) in [6.45, 7) is 0.363. The smallest absolute Gasteiger partial charge is 0.254 e. The average molecular weight is 401 g/mol. The van der Waals surface area contributed by atoms with Gasteiger partial charge in [-0.25, -0.2) is 13.2 Å². The Hall–Kier alpha value is -2.25. The number of carbonyl (C=O) groups excluding carboxylic acids is 1. The number of benzene rings is 2. The van der Waals surface area contributed by atoms with Crippen molar-refractivity contribution in [1.29, 1.82) is 0 Å². The van der Waals surface area contributed by atoms with E-state index in [1.165, 1.54) is 12.1 Å². The Morgan fingerprint density at radius 1 is 1.19 bits per heavy atom. The van der Waals surface area contributed by atoms with Gasteiger partial charge >= 0.3 is 0 Å². The number of hydrogen-bond acceptors (Lipinski definition) is 3. The molecular formula is C19H20ClF3N2O2. The molecule has 2 aromatic rings. The van der Waals surface area contributed by atoms with Gasteiger partial charge in [0.25, 0.3) is 11.8 Å². The zero-order valence-electron chi connectivity index (χ0n) is 14.4. The first kappa shape index (κ1) is 21.1. The molecule has 0 spiro atoms. The molecule has 2 aromatic carbocycles. The summed E-state index contributed by atoms with van der Waals surface area (Å²) in [5.74, 6) is -4.28. The molecular weight excluding hydrogens is 381 g/mol. The van der Waals surface area contributed by atoms with Crippen molar-refractivity contribution in [3.8, 4) is 11.5 Å². The van der Waals surface area contributed by atoms with Crippen LogP contribution in [-0.4, -0.2) is 24.9 Å². The lowest BCUT2D eigenvalue weighted by Gasteiger charge is -2.10. The van der Waals surface area contributed by atoms with Crippen LogP contribution in [0.15, 0.2) is 42.5 Å². The molecule has 27 heavy (non-hydrogen) atoms. The van der Waals surface area contributed by atoms with E-state index in [0.717, 1.165) is 18.1 Å². The largest absolute Gasteiger partial charge is 0.457 e. The van der Waals surface area contributed by atoms with E-state index in [-0.39, 0.29) is 36.7 Å². The third kappa shape index (κ3) is 5.37. The Labute approximate surface area is 161 Å². The van der Waals surface area contributed by atoms with Crippen LogP contribution in [0.25, 0.3) is 0 Å². The molecule has 0 bridgehead atoms. The maximum atomic E-state index is 13.9. The number of ether oxygens (including phenoxy) is 1. The Kier molecular flexibility index (Phi) is 6.73. The fraction of sp³-hybridized carbons (Fsp3) is 0.316. The van der Waals surface area contributed by atoms with Crippen LogP contribution in [0.4, 0.5) is 13.2 Å².